The second kappa shape index (κ2) is 6.22. The Morgan fingerprint density at radius 2 is 1.91 bits per heavy atom. The summed E-state index contributed by atoms with van der Waals surface area (Å²) in [6, 6.07) is 11.8. The molecule has 2 aromatic rings. The maximum Gasteiger partial charge on any atom is 0.241 e. The molecule has 6 heteroatoms. The van der Waals surface area contributed by atoms with E-state index in [4.69, 9.17) is 10.5 Å². The van der Waals surface area contributed by atoms with E-state index in [-0.39, 0.29) is 10.9 Å². The van der Waals surface area contributed by atoms with Crippen molar-refractivity contribution in [1.82, 2.24) is 4.72 Å². The number of anilines is 1. The maximum atomic E-state index is 12.6. The number of hydrogen-bond acceptors (Lipinski definition) is 4. The molecule has 23 heavy (non-hydrogen) atoms. The van der Waals surface area contributed by atoms with E-state index in [9.17, 15) is 8.42 Å². The number of benzene rings is 2. The van der Waals surface area contributed by atoms with Gasteiger partial charge in [0, 0.05) is 11.7 Å². The molecule has 0 aliphatic heterocycles. The number of aryl methyl sites for hydroxylation is 1. The van der Waals surface area contributed by atoms with Crippen molar-refractivity contribution >= 4 is 15.7 Å². The summed E-state index contributed by atoms with van der Waals surface area (Å²) < 4.78 is 33.1. The van der Waals surface area contributed by atoms with Gasteiger partial charge in [0.05, 0.1) is 12.0 Å². The van der Waals surface area contributed by atoms with E-state index >= 15 is 0 Å². The number of rotatable bonds is 4. The van der Waals surface area contributed by atoms with E-state index in [1.165, 1.54) is 0 Å². The summed E-state index contributed by atoms with van der Waals surface area (Å²) >= 11 is 0. The molecule has 122 valence electrons. The van der Waals surface area contributed by atoms with E-state index in [1.54, 1.807) is 31.4 Å². The Balaban J connectivity index is 1.86. The fourth-order valence-electron chi connectivity index (χ4n) is 2.97. The molecule has 0 bridgehead atoms. The molecule has 0 fully saturated rings. The Morgan fingerprint density at radius 3 is 2.61 bits per heavy atom. The van der Waals surface area contributed by atoms with Crippen LogP contribution in [-0.2, 0) is 16.4 Å². The summed E-state index contributed by atoms with van der Waals surface area (Å²) in [7, 11) is -2.03. The van der Waals surface area contributed by atoms with Crippen molar-refractivity contribution in [1.29, 1.82) is 0 Å². The highest BCUT2D eigenvalue weighted by Gasteiger charge is 2.25. The van der Waals surface area contributed by atoms with Crippen LogP contribution in [0.1, 0.15) is 30.0 Å². The van der Waals surface area contributed by atoms with Crippen molar-refractivity contribution in [3.8, 4) is 5.75 Å². The summed E-state index contributed by atoms with van der Waals surface area (Å²) in [4.78, 5) is 0.237. The molecule has 0 heterocycles. The Hall–Kier alpha value is -2.05. The predicted molar refractivity (Wildman–Crippen MR) is 89.8 cm³/mol. The fourth-order valence-corrected chi connectivity index (χ4v) is 4.22. The van der Waals surface area contributed by atoms with Crippen molar-refractivity contribution in [3.63, 3.8) is 0 Å². The van der Waals surface area contributed by atoms with Gasteiger partial charge in [-0.05, 0) is 66.8 Å². The van der Waals surface area contributed by atoms with Crippen LogP contribution in [0, 0.1) is 0 Å². The van der Waals surface area contributed by atoms with Crippen LogP contribution in [0.5, 0.6) is 5.75 Å². The zero-order chi connectivity index (χ0) is 16.4. The third-order valence-electron chi connectivity index (χ3n) is 4.15. The largest absolute Gasteiger partial charge is 0.497 e. The number of nitrogen functional groups attached to an aromatic ring is 1. The number of sulfonamides is 1. The fraction of sp³-hybridized carbons (Fsp3) is 0.294. The van der Waals surface area contributed by atoms with Gasteiger partial charge < -0.3 is 10.5 Å². The molecule has 1 aliphatic carbocycles. The first-order valence-corrected chi connectivity index (χ1v) is 9.02. The van der Waals surface area contributed by atoms with Crippen LogP contribution in [0.3, 0.4) is 0 Å². The molecule has 1 atom stereocenters. The summed E-state index contributed by atoms with van der Waals surface area (Å²) in [6.07, 6.45) is 2.65. The number of methoxy groups -OCH3 is 1. The first kappa shape index (κ1) is 15.8. The number of nitrogens with one attached hydrogen (secondary N) is 1. The minimum atomic E-state index is -3.57. The van der Waals surface area contributed by atoms with Crippen molar-refractivity contribution in [2.24, 2.45) is 0 Å². The van der Waals surface area contributed by atoms with Crippen molar-refractivity contribution in [3.05, 3.63) is 53.6 Å². The van der Waals surface area contributed by atoms with E-state index in [2.05, 4.69) is 4.72 Å². The van der Waals surface area contributed by atoms with Crippen LogP contribution in [0.4, 0.5) is 5.69 Å². The van der Waals surface area contributed by atoms with Crippen LogP contribution in [0.2, 0.25) is 0 Å². The summed E-state index contributed by atoms with van der Waals surface area (Å²) in [5.41, 5.74) is 8.67. The molecule has 3 rings (SSSR count). The minimum absolute atomic E-state index is 0.216. The van der Waals surface area contributed by atoms with E-state index in [1.807, 2.05) is 18.2 Å². The van der Waals surface area contributed by atoms with Crippen LogP contribution >= 0.6 is 0 Å². The lowest BCUT2D eigenvalue weighted by Crippen LogP contribution is -2.31. The normalized spacial score (nSPS) is 17.5. The molecule has 3 N–H and O–H groups in total. The SMILES string of the molecule is COc1ccc(S(=O)(=O)NC2CCCc3cc(N)ccc32)cc1. The van der Waals surface area contributed by atoms with E-state index in [0.717, 1.165) is 30.4 Å². The zero-order valence-electron chi connectivity index (χ0n) is 13.0. The molecule has 5 nitrogen and oxygen atoms in total. The first-order valence-electron chi connectivity index (χ1n) is 7.54. The van der Waals surface area contributed by atoms with Crippen molar-refractivity contribution in [2.45, 2.75) is 30.2 Å². The molecule has 1 aliphatic rings. The summed E-state index contributed by atoms with van der Waals surface area (Å²) in [5, 5.41) is 0. The molecular weight excluding hydrogens is 312 g/mol. The highest BCUT2D eigenvalue weighted by Crippen LogP contribution is 2.32. The Kier molecular flexibility index (Phi) is 4.28. The van der Waals surface area contributed by atoms with Crippen LogP contribution < -0.4 is 15.2 Å². The molecule has 0 radical (unpaired) electrons. The minimum Gasteiger partial charge on any atom is -0.497 e. The second-order valence-electron chi connectivity index (χ2n) is 5.70. The van der Waals surface area contributed by atoms with Gasteiger partial charge in [0.25, 0.3) is 0 Å². The zero-order valence-corrected chi connectivity index (χ0v) is 13.8. The van der Waals surface area contributed by atoms with Gasteiger partial charge in [-0.25, -0.2) is 13.1 Å². The molecule has 0 amide bonds. The number of nitrogens with two attached hydrogens (primary N) is 1. The Labute approximate surface area is 136 Å². The lowest BCUT2D eigenvalue weighted by Gasteiger charge is -2.26. The third-order valence-corrected chi connectivity index (χ3v) is 5.64. The monoisotopic (exact) mass is 332 g/mol. The van der Waals surface area contributed by atoms with E-state index < -0.39 is 10.0 Å². The first-order chi connectivity index (χ1) is 11.0. The van der Waals surface area contributed by atoms with E-state index in [0.29, 0.717) is 11.4 Å². The third kappa shape index (κ3) is 3.33. The quantitative estimate of drug-likeness (QED) is 0.843. The average Bonchev–Trinajstić information content (AvgIpc) is 2.54. The second-order valence-corrected chi connectivity index (χ2v) is 7.41. The van der Waals surface area contributed by atoms with Gasteiger partial charge in [0.2, 0.25) is 10.0 Å². The standard InChI is InChI=1S/C17H20N2O3S/c1-22-14-6-8-15(9-7-14)23(20,21)19-17-4-2-3-12-11-13(18)5-10-16(12)17/h5-11,17,19H,2-4,18H2,1H3. The molecule has 0 saturated carbocycles. The topological polar surface area (TPSA) is 81.4 Å². The van der Waals surface area contributed by atoms with Gasteiger partial charge in [-0.3, -0.25) is 0 Å². The summed E-state index contributed by atoms with van der Waals surface area (Å²) in [5.74, 6) is 0.627. The van der Waals surface area contributed by atoms with Gasteiger partial charge in [0.15, 0.2) is 0 Å². The molecule has 0 aromatic heterocycles. The molecule has 2 aromatic carbocycles. The van der Waals surface area contributed by atoms with Crippen molar-refractivity contribution in [2.75, 3.05) is 12.8 Å². The highest BCUT2D eigenvalue weighted by molar-refractivity contribution is 7.89. The molecule has 1 unspecified atom stereocenters. The van der Waals surface area contributed by atoms with Gasteiger partial charge in [0.1, 0.15) is 5.75 Å². The van der Waals surface area contributed by atoms with Gasteiger partial charge in [-0.1, -0.05) is 6.07 Å². The maximum absolute atomic E-state index is 12.6. The van der Waals surface area contributed by atoms with Gasteiger partial charge >= 0.3 is 0 Å². The number of ether oxygens (including phenoxy) is 1. The predicted octanol–water partition coefficient (Wildman–Crippen LogP) is 2.63. The number of fused-ring (bicyclic) bond motifs is 1. The highest BCUT2D eigenvalue weighted by atomic mass is 32.2. The Bertz CT molecular complexity index is 801. The molecule has 0 spiro atoms. The smallest absolute Gasteiger partial charge is 0.241 e. The summed E-state index contributed by atoms with van der Waals surface area (Å²) in [6.45, 7) is 0. The van der Waals surface area contributed by atoms with Crippen molar-refractivity contribution < 1.29 is 13.2 Å². The van der Waals surface area contributed by atoms with Crippen LogP contribution in [0.15, 0.2) is 47.4 Å². The lowest BCUT2D eigenvalue weighted by molar-refractivity contribution is 0.414. The number of hydrogen-bond donors (Lipinski definition) is 2. The molecule has 0 saturated heterocycles. The van der Waals surface area contributed by atoms with Crippen LogP contribution in [-0.4, -0.2) is 15.5 Å². The lowest BCUT2D eigenvalue weighted by atomic mass is 9.88. The van der Waals surface area contributed by atoms with Gasteiger partial charge in [-0.2, -0.15) is 0 Å². The van der Waals surface area contributed by atoms with Crippen LogP contribution in [0.25, 0.3) is 0 Å². The van der Waals surface area contributed by atoms with Gasteiger partial charge in [-0.15, -0.1) is 0 Å². The molecular formula is C17H20N2O3S. The Morgan fingerprint density at radius 1 is 1.17 bits per heavy atom. The average molecular weight is 332 g/mol.